The van der Waals surface area contributed by atoms with E-state index in [0.29, 0.717) is 36.1 Å². The van der Waals surface area contributed by atoms with Crippen LogP contribution < -0.4 is 4.72 Å². The molecule has 0 aliphatic heterocycles. The third kappa shape index (κ3) is 4.26. The first-order chi connectivity index (χ1) is 11.0. The van der Waals surface area contributed by atoms with Crippen LogP contribution in [0.3, 0.4) is 0 Å². The maximum Gasteiger partial charge on any atom is 0.305 e. The van der Waals surface area contributed by atoms with Gasteiger partial charge in [0.1, 0.15) is 4.90 Å². The monoisotopic (exact) mass is 341 g/mol. The number of aromatic nitrogens is 2. The van der Waals surface area contributed by atoms with Crippen molar-refractivity contribution in [1.82, 2.24) is 14.9 Å². The van der Waals surface area contributed by atoms with E-state index in [2.05, 4.69) is 19.6 Å². The summed E-state index contributed by atoms with van der Waals surface area (Å²) in [5.41, 5.74) is 0.988. The Bertz CT molecular complexity index is 785. The van der Waals surface area contributed by atoms with E-state index in [0.717, 1.165) is 0 Å². The highest BCUT2D eigenvalue weighted by atomic mass is 32.2. The van der Waals surface area contributed by atoms with E-state index < -0.39 is 10.0 Å². The van der Waals surface area contributed by atoms with E-state index >= 15 is 0 Å². The van der Waals surface area contributed by atoms with Gasteiger partial charge in [0, 0.05) is 13.0 Å². The van der Waals surface area contributed by atoms with Crippen LogP contribution in [0.1, 0.15) is 31.9 Å². The topological polar surface area (TPSA) is 111 Å². The fourth-order valence-electron chi connectivity index (χ4n) is 2.05. The predicted molar refractivity (Wildman–Crippen MR) is 82.2 cm³/mol. The molecule has 0 saturated carbocycles. The Hall–Kier alpha value is -2.00. The molecule has 0 fully saturated rings. The van der Waals surface area contributed by atoms with Crippen molar-refractivity contribution in [3.8, 4) is 0 Å². The predicted octanol–water partition coefficient (Wildman–Crippen LogP) is 1.41. The van der Waals surface area contributed by atoms with Crippen molar-refractivity contribution in [3.05, 3.63) is 18.0 Å². The average Bonchev–Trinajstić information content (AvgIpc) is 2.96. The SMILES string of the molecule is CCc1noc2ncc(S(=O)(=O)NCCCCC(=O)OC)cc12. The van der Waals surface area contributed by atoms with Crippen LogP contribution >= 0.6 is 0 Å². The molecule has 0 aromatic carbocycles. The van der Waals surface area contributed by atoms with E-state index in [-0.39, 0.29) is 23.8 Å². The van der Waals surface area contributed by atoms with E-state index in [4.69, 9.17) is 4.52 Å². The number of carbonyl (C=O) groups is 1. The molecule has 1 N–H and O–H groups in total. The lowest BCUT2D eigenvalue weighted by molar-refractivity contribution is -0.140. The number of unbranched alkanes of at least 4 members (excludes halogenated alkanes) is 1. The van der Waals surface area contributed by atoms with Gasteiger partial charge in [0.2, 0.25) is 10.0 Å². The van der Waals surface area contributed by atoms with E-state index in [1.165, 1.54) is 19.4 Å². The number of hydrogen-bond acceptors (Lipinski definition) is 7. The minimum atomic E-state index is -3.66. The zero-order chi connectivity index (χ0) is 16.9. The van der Waals surface area contributed by atoms with E-state index in [1.807, 2.05) is 6.92 Å². The summed E-state index contributed by atoms with van der Waals surface area (Å²) in [6.45, 7) is 2.14. The highest BCUT2D eigenvalue weighted by Gasteiger charge is 2.17. The number of esters is 1. The summed E-state index contributed by atoms with van der Waals surface area (Å²) < 4.78 is 36.6. The number of methoxy groups -OCH3 is 1. The first kappa shape index (κ1) is 17.4. The standard InChI is InChI=1S/C14H19N3O5S/c1-3-12-11-8-10(9-15-14(11)22-17-12)23(19,20)16-7-5-4-6-13(18)21-2/h8-9,16H,3-7H2,1-2H3. The van der Waals surface area contributed by atoms with Crippen LogP contribution in [0.4, 0.5) is 0 Å². The molecular weight excluding hydrogens is 322 g/mol. The Morgan fingerprint density at radius 1 is 1.39 bits per heavy atom. The number of nitrogens with one attached hydrogen (secondary N) is 1. The molecule has 23 heavy (non-hydrogen) atoms. The molecule has 0 amide bonds. The van der Waals surface area contributed by atoms with Crippen LogP contribution in [-0.2, 0) is 26.0 Å². The Morgan fingerprint density at radius 2 is 2.17 bits per heavy atom. The van der Waals surface area contributed by atoms with Crippen LogP contribution in [0, 0.1) is 0 Å². The van der Waals surface area contributed by atoms with Crippen molar-refractivity contribution >= 4 is 27.1 Å². The molecule has 8 nitrogen and oxygen atoms in total. The molecule has 0 aliphatic carbocycles. The first-order valence-electron chi connectivity index (χ1n) is 7.28. The summed E-state index contributed by atoms with van der Waals surface area (Å²) in [7, 11) is -2.34. The quantitative estimate of drug-likeness (QED) is 0.570. The molecule has 0 saturated heterocycles. The van der Waals surface area contributed by atoms with Gasteiger partial charge in [-0.15, -0.1) is 0 Å². The largest absolute Gasteiger partial charge is 0.469 e. The molecule has 126 valence electrons. The molecule has 2 aromatic heterocycles. The summed E-state index contributed by atoms with van der Waals surface area (Å²) in [6, 6.07) is 1.51. The minimum Gasteiger partial charge on any atom is -0.469 e. The Labute approximate surface area is 134 Å². The number of sulfonamides is 1. The van der Waals surface area contributed by atoms with E-state index in [1.54, 1.807) is 0 Å². The fraction of sp³-hybridized carbons (Fsp3) is 0.500. The number of nitrogens with zero attached hydrogens (tertiary/aromatic N) is 2. The first-order valence-corrected chi connectivity index (χ1v) is 8.77. The van der Waals surface area contributed by atoms with Gasteiger partial charge >= 0.3 is 5.97 Å². The van der Waals surface area contributed by atoms with Crippen LogP contribution in [0.2, 0.25) is 0 Å². The van der Waals surface area contributed by atoms with Crippen molar-refractivity contribution in [2.75, 3.05) is 13.7 Å². The molecule has 0 radical (unpaired) electrons. The number of rotatable bonds is 8. The second-order valence-electron chi connectivity index (χ2n) is 4.94. The van der Waals surface area contributed by atoms with Crippen molar-refractivity contribution < 1.29 is 22.5 Å². The van der Waals surface area contributed by atoms with Crippen LogP contribution in [-0.4, -0.2) is 38.2 Å². The van der Waals surface area contributed by atoms with Gasteiger partial charge in [-0.3, -0.25) is 4.79 Å². The lowest BCUT2D eigenvalue weighted by atomic mass is 10.2. The Balaban J connectivity index is 2.00. The lowest BCUT2D eigenvalue weighted by Crippen LogP contribution is -2.25. The molecule has 0 atom stereocenters. The van der Waals surface area contributed by atoms with Crippen LogP contribution in [0.5, 0.6) is 0 Å². The smallest absolute Gasteiger partial charge is 0.305 e. The second-order valence-corrected chi connectivity index (χ2v) is 6.70. The van der Waals surface area contributed by atoms with Gasteiger partial charge in [0.25, 0.3) is 5.71 Å². The number of hydrogen-bond donors (Lipinski definition) is 1. The van der Waals surface area contributed by atoms with Gasteiger partial charge in [-0.1, -0.05) is 12.1 Å². The second kappa shape index (κ2) is 7.51. The summed E-state index contributed by atoms with van der Waals surface area (Å²) in [4.78, 5) is 15.0. The average molecular weight is 341 g/mol. The Kier molecular flexibility index (Phi) is 5.67. The number of carbonyl (C=O) groups excluding carboxylic acids is 1. The fourth-order valence-corrected chi connectivity index (χ4v) is 3.09. The number of aryl methyl sites for hydroxylation is 1. The van der Waals surface area contributed by atoms with E-state index in [9.17, 15) is 13.2 Å². The van der Waals surface area contributed by atoms with Crippen molar-refractivity contribution in [1.29, 1.82) is 0 Å². The third-order valence-corrected chi connectivity index (χ3v) is 4.78. The summed E-state index contributed by atoms with van der Waals surface area (Å²) in [6.07, 6.45) is 3.23. The molecule has 0 aliphatic rings. The highest BCUT2D eigenvalue weighted by molar-refractivity contribution is 7.89. The molecular formula is C14H19N3O5S. The van der Waals surface area contributed by atoms with Crippen LogP contribution in [0.25, 0.3) is 11.1 Å². The summed E-state index contributed by atoms with van der Waals surface area (Å²) >= 11 is 0. The van der Waals surface area contributed by atoms with Gasteiger partial charge in [0.05, 0.1) is 24.4 Å². The van der Waals surface area contributed by atoms with Gasteiger partial charge < -0.3 is 9.26 Å². The van der Waals surface area contributed by atoms with Gasteiger partial charge in [-0.2, -0.15) is 0 Å². The van der Waals surface area contributed by atoms with Gasteiger partial charge in [-0.05, 0) is 25.3 Å². The molecule has 2 heterocycles. The number of fused-ring (bicyclic) bond motifs is 1. The molecule has 2 rings (SSSR count). The molecule has 0 spiro atoms. The zero-order valence-electron chi connectivity index (χ0n) is 13.0. The molecule has 9 heteroatoms. The van der Waals surface area contributed by atoms with Crippen LogP contribution in [0.15, 0.2) is 21.7 Å². The normalized spacial score (nSPS) is 11.7. The van der Waals surface area contributed by atoms with Gasteiger partial charge in [0.15, 0.2) is 0 Å². The van der Waals surface area contributed by atoms with Gasteiger partial charge in [-0.25, -0.2) is 18.1 Å². The number of ether oxygens (including phenoxy) is 1. The summed E-state index contributed by atoms with van der Waals surface area (Å²) in [5, 5.41) is 4.45. The maximum atomic E-state index is 12.3. The molecule has 0 unspecified atom stereocenters. The highest BCUT2D eigenvalue weighted by Crippen LogP contribution is 2.20. The van der Waals surface area contributed by atoms with Crippen molar-refractivity contribution in [3.63, 3.8) is 0 Å². The Morgan fingerprint density at radius 3 is 2.87 bits per heavy atom. The van der Waals surface area contributed by atoms with Crippen molar-refractivity contribution in [2.24, 2.45) is 0 Å². The molecule has 2 aromatic rings. The summed E-state index contributed by atoms with van der Waals surface area (Å²) in [5.74, 6) is -0.304. The number of pyridine rings is 1. The minimum absolute atomic E-state index is 0.0656. The lowest BCUT2D eigenvalue weighted by Gasteiger charge is -2.06. The van der Waals surface area contributed by atoms with Crippen molar-refractivity contribution in [2.45, 2.75) is 37.5 Å². The zero-order valence-corrected chi connectivity index (χ0v) is 13.9. The molecule has 0 bridgehead atoms. The third-order valence-electron chi connectivity index (χ3n) is 3.35. The maximum absolute atomic E-state index is 12.3.